The van der Waals surface area contributed by atoms with Gasteiger partial charge < -0.3 is 14.2 Å². The van der Waals surface area contributed by atoms with Crippen molar-refractivity contribution in [1.29, 1.82) is 0 Å². The third-order valence-electron chi connectivity index (χ3n) is 3.86. The van der Waals surface area contributed by atoms with Crippen LogP contribution in [0.15, 0.2) is 24.3 Å². The summed E-state index contributed by atoms with van der Waals surface area (Å²) in [6.07, 6.45) is 8.95. The minimum absolute atomic E-state index is 0.0874. The second kappa shape index (κ2) is 7.87. The van der Waals surface area contributed by atoms with Gasteiger partial charge in [-0.1, -0.05) is 12.2 Å². The van der Waals surface area contributed by atoms with Crippen molar-refractivity contribution < 1.29 is 19.0 Å². The molecule has 0 saturated carbocycles. The molecule has 0 radical (unpaired) electrons. The van der Waals surface area contributed by atoms with E-state index in [1.807, 2.05) is 13.0 Å². The van der Waals surface area contributed by atoms with Gasteiger partial charge in [-0.3, -0.25) is 0 Å². The molecule has 1 aliphatic heterocycles. The maximum absolute atomic E-state index is 12.5. The standard InChI is InChI=1S/C18H24O4/c1-13-9-7-5-4-6-8-10-14-11-15(20-2)12-16(21-3)17(14)18(19)22-13/h6,8,11-13H,4-5,7,9-10H2,1-3H3/t13-/m1/s1. The van der Waals surface area contributed by atoms with Crippen molar-refractivity contribution in [3.05, 3.63) is 35.4 Å². The van der Waals surface area contributed by atoms with Gasteiger partial charge >= 0.3 is 5.97 Å². The van der Waals surface area contributed by atoms with Crippen molar-refractivity contribution in [1.82, 2.24) is 0 Å². The Morgan fingerprint density at radius 1 is 1.14 bits per heavy atom. The van der Waals surface area contributed by atoms with Crippen LogP contribution in [0.5, 0.6) is 11.5 Å². The second-order valence-corrected chi connectivity index (χ2v) is 5.54. The zero-order chi connectivity index (χ0) is 15.9. The first kappa shape index (κ1) is 16.4. The SMILES string of the molecule is COc1cc2c(c(OC)c1)C(=O)O[C@H](C)CCCCC=CC2. The summed E-state index contributed by atoms with van der Waals surface area (Å²) in [6, 6.07) is 3.60. The first-order valence-corrected chi connectivity index (χ1v) is 7.76. The minimum Gasteiger partial charge on any atom is -0.497 e. The summed E-state index contributed by atoms with van der Waals surface area (Å²) in [4.78, 5) is 12.5. The number of esters is 1. The topological polar surface area (TPSA) is 44.8 Å². The predicted molar refractivity (Wildman–Crippen MR) is 85.7 cm³/mol. The Morgan fingerprint density at radius 2 is 1.95 bits per heavy atom. The highest BCUT2D eigenvalue weighted by Crippen LogP contribution is 2.31. The number of fused-ring (bicyclic) bond motifs is 1. The van der Waals surface area contributed by atoms with E-state index in [0.717, 1.165) is 31.2 Å². The van der Waals surface area contributed by atoms with Crippen LogP contribution in [0.2, 0.25) is 0 Å². The van der Waals surface area contributed by atoms with Crippen LogP contribution >= 0.6 is 0 Å². The predicted octanol–water partition coefficient (Wildman–Crippen LogP) is 3.92. The van der Waals surface area contributed by atoms with Crippen LogP contribution in [0, 0.1) is 0 Å². The summed E-state index contributed by atoms with van der Waals surface area (Å²) >= 11 is 0. The lowest BCUT2D eigenvalue weighted by atomic mass is 10.0. The molecule has 0 fully saturated rings. The van der Waals surface area contributed by atoms with Crippen molar-refractivity contribution in [2.75, 3.05) is 14.2 Å². The molecule has 0 aliphatic carbocycles. The van der Waals surface area contributed by atoms with Crippen LogP contribution in [0.1, 0.15) is 48.5 Å². The highest BCUT2D eigenvalue weighted by atomic mass is 16.5. The minimum atomic E-state index is -0.323. The second-order valence-electron chi connectivity index (χ2n) is 5.54. The van der Waals surface area contributed by atoms with Crippen LogP contribution in [0.25, 0.3) is 0 Å². The van der Waals surface area contributed by atoms with E-state index in [2.05, 4.69) is 12.2 Å². The normalized spacial score (nSPS) is 19.4. The average molecular weight is 304 g/mol. The number of methoxy groups -OCH3 is 2. The van der Waals surface area contributed by atoms with E-state index in [1.54, 1.807) is 20.3 Å². The molecule has 1 aliphatic rings. The van der Waals surface area contributed by atoms with Gasteiger partial charge in [0.25, 0.3) is 0 Å². The number of hydrogen-bond acceptors (Lipinski definition) is 4. The van der Waals surface area contributed by atoms with Crippen molar-refractivity contribution in [2.24, 2.45) is 0 Å². The van der Waals surface area contributed by atoms with Crippen molar-refractivity contribution in [3.63, 3.8) is 0 Å². The van der Waals surface area contributed by atoms with Gasteiger partial charge in [-0.25, -0.2) is 4.79 Å². The Morgan fingerprint density at radius 3 is 2.68 bits per heavy atom. The molecule has 2 rings (SSSR count). The van der Waals surface area contributed by atoms with E-state index in [-0.39, 0.29) is 12.1 Å². The molecular weight excluding hydrogens is 280 g/mol. The number of benzene rings is 1. The molecule has 1 atom stereocenters. The molecule has 1 heterocycles. The van der Waals surface area contributed by atoms with Gasteiger partial charge in [-0.2, -0.15) is 0 Å². The van der Waals surface area contributed by atoms with E-state index in [1.165, 1.54) is 0 Å². The molecule has 0 unspecified atom stereocenters. The van der Waals surface area contributed by atoms with Gasteiger partial charge in [0.1, 0.15) is 17.1 Å². The summed E-state index contributed by atoms with van der Waals surface area (Å²) < 4.78 is 16.3. The summed E-state index contributed by atoms with van der Waals surface area (Å²) in [6.45, 7) is 1.94. The zero-order valence-electron chi connectivity index (χ0n) is 13.6. The summed E-state index contributed by atoms with van der Waals surface area (Å²) in [5.41, 5.74) is 1.37. The van der Waals surface area contributed by atoms with Gasteiger partial charge in [0.05, 0.1) is 20.3 Å². The average Bonchev–Trinajstić information content (AvgIpc) is 2.51. The number of allylic oxidation sites excluding steroid dienone is 2. The Bertz CT molecular complexity index is 548. The Labute approximate surface area is 132 Å². The molecule has 120 valence electrons. The molecule has 0 aromatic heterocycles. The number of cyclic esters (lactones) is 1. The highest BCUT2D eigenvalue weighted by molar-refractivity contribution is 5.94. The first-order valence-electron chi connectivity index (χ1n) is 7.76. The van der Waals surface area contributed by atoms with E-state index < -0.39 is 0 Å². The van der Waals surface area contributed by atoms with E-state index in [4.69, 9.17) is 14.2 Å². The van der Waals surface area contributed by atoms with Crippen LogP contribution in [0.4, 0.5) is 0 Å². The van der Waals surface area contributed by atoms with Gasteiger partial charge in [-0.15, -0.1) is 0 Å². The maximum atomic E-state index is 12.5. The monoisotopic (exact) mass is 304 g/mol. The largest absolute Gasteiger partial charge is 0.497 e. The Kier molecular flexibility index (Phi) is 5.87. The molecule has 0 amide bonds. The van der Waals surface area contributed by atoms with Gasteiger partial charge in [0.2, 0.25) is 0 Å². The van der Waals surface area contributed by atoms with Gasteiger partial charge in [0.15, 0.2) is 0 Å². The number of carbonyl (C=O) groups excluding carboxylic acids is 1. The third-order valence-corrected chi connectivity index (χ3v) is 3.86. The zero-order valence-corrected chi connectivity index (χ0v) is 13.6. The van der Waals surface area contributed by atoms with Crippen molar-refractivity contribution in [3.8, 4) is 11.5 Å². The molecule has 0 spiro atoms. The lowest BCUT2D eigenvalue weighted by Crippen LogP contribution is -2.17. The number of hydrogen-bond donors (Lipinski definition) is 0. The molecule has 1 aromatic rings. The van der Waals surface area contributed by atoms with Crippen LogP contribution < -0.4 is 9.47 Å². The van der Waals surface area contributed by atoms with Crippen LogP contribution in [0.3, 0.4) is 0 Å². The third kappa shape index (κ3) is 4.03. The Balaban J connectivity index is 2.44. The Hall–Kier alpha value is -1.97. The van der Waals surface area contributed by atoms with Gasteiger partial charge in [0, 0.05) is 6.07 Å². The first-order chi connectivity index (χ1) is 10.7. The summed E-state index contributed by atoms with van der Waals surface area (Å²) in [5, 5.41) is 0. The van der Waals surface area contributed by atoms with E-state index in [9.17, 15) is 4.79 Å². The van der Waals surface area contributed by atoms with E-state index in [0.29, 0.717) is 23.5 Å². The fraction of sp³-hybridized carbons (Fsp3) is 0.500. The lowest BCUT2D eigenvalue weighted by Gasteiger charge is -2.18. The maximum Gasteiger partial charge on any atom is 0.342 e. The molecule has 1 aromatic carbocycles. The smallest absolute Gasteiger partial charge is 0.342 e. The fourth-order valence-electron chi connectivity index (χ4n) is 2.64. The molecule has 0 N–H and O–H groups in total. The summed E-state index contributed by atoms with van der Waals surface area (Å²) in [7, 11) is 3.16. The molecule has 4 heteroatoms. The summed E-state index contributed by atoms with van der Waals surface area (Å²) in [5.74, 6) is 0.852. The quantitative estimate of drug-likeness (QED) is 0.613. The molecule has 4 nitrogen and oxygen atoms in total. The lowest BCUT2D eigenvalue weighted by molar-refractivity contribution is 0.0315. The fourth-order valence-corrected chi connectivity index (χ4v) is 2.64. The highest BCUT2D eigenvalue weighted by Gasteiger charge is 2.22. The van der Waals surface area contributed by atoms with Crippen molar-refractivity contribution >= 4 is 5.97 Å². The van der Waals surface area contributed by atoms with Crippen LogP contribution in [-0.4, -0.2) is 26.3 Å². The number of ether oxygens (including phenoxy) is 3. The number of rotatable bonds is 2. The van der Waals surface area contributed by atoms with E-state index >= 15 is 0 Å². The molecule has 0 saturated heterocycles. The number of carbonyl (C=O) groups is 1. The van der Waals surface area contributed by atoms with Gasteiger partial charge in [-0.05, 0) is 50.7 Å². The molecule has 22 heavy (non-hydrogen) atoms. The molecule has 0 bridgehead atoms. The van der Waals surface area contributed by atoms with Crippen molar-refractivity contribution in [2.45, 2.75) is 45.1 Å². The molecular formula is C18H24O4. The van der Waals surface area contributed by atoms with Crippen LogP contribution in [-0.2, 0) is 11.2 Å².